The van der Waals surface area contributed by atoms with Crippen LogP contribution in [0.3, 0.4) is 0 Å². The van der Waals surface area contributed by atoms with Gasteiger partial charge in [-0.05, 0) is 41.1 Å². The molecule has 4 nitrogen and oxygen atoms in total. The molecule has 3 aliphatic rings. The van der Waals surface area contributed by atoms with Crippen molar-refractivity contribution in [1.29, 1.82) is 0 Å². The highest BCUT2D eigenvalue weighted by Crippen LogP contribution is 2.49. The first-order valence-corrected chi connectivity index (χ1v) is 9.89. The van der Waals surface area contributed by atoms with Crippen molar-refractivity contribution < 1.29 is 4.79 Å². The fourth-order valence-corrected chi connectivity index (χ4v) is 5.46. The minimum Gasteiger partial charge on any atom is -0.308 e. The summed E-state index contributed by atoms with van der Waals surface area (Å²) in [6, 6.07) is 12.2. The molecule has 1 N–H and O–H groups in total. The lowest BCUT2D eigenvalue weighted by molar-refractivity contribution is -0.125. The van der Waals surface area contributed by atoms with Crippen LogP contribution in [0.15, 0.2) is 52.2 Å². The Balaban J connectivity index is 1.40. The molecule has 1 aliphatic carbocycles. The van der Waals surface area contributed by atoms with Crippen LogP contribution in [-0.2, 0) is 11.3 Å². The predicted octanol–water partition coefficient (Wildman–Crippen LogP) is 2.91. The first-order valence-electron chi connectivity index (χ1n) is 8.95. The average molecular weight is 351 g/mol. The topological polar surface area (TPSA) is 44.7 Å². The van der Waals surface area contributed by atoms with Gasteiger partial charge in [-0.3, -0.25) is 14.7 Å². The fraction of sp³-hybridized carbons (Fsp3) is 0.400. The summed E-state index contributed by atoms with van der Waals surface area (Å²) >= 11 is 1.75. The molecule has 2 fully saturated rings. The third-order valence-electron chi connectivity index (χ3n) is 6.00. The van der Waals surface area contributed by atoms with Gasteiger partial charge in [0.05, 0.1) is 0 Å². The third kappa shape index (κ3) is 2.45. The Hall–Kier alpha value is -1.98. The van der Waals surface area contributed by atoms with E-state index in [9.17, 15) is 4.79 Å². The number of fused-ring (bicyclic) bond motifs is 2. The van der Waals surface area contributed by atoms with Crippen LogP contribution in [0.2, 0.25) is 0 Å². The number of benzene rings is 1. The molecule has 2 aliphatic heterocycles. The molecule has 1 saturated carbocycles. The SMILES string of the molecule is O=C1NC(c2ccccc2)=N[C@]12CC[C@H]1CN(Cc3ccsc3)C[C@H]12. The molecular formula is C20H21N3OS. The molecule has 3 heterocycles. The van der Waals surface area contributed by atoms with E-state index in [-0.39, 0.29) is 5.91 Å². The van der Waals surface area contributed by atoms with Crippen molar-refractivity contribution >= 4 is 23.1 Å². The maximum Gasteiger partial charge on any atom is 0.253 e. The Morgan fingerprint density at radius 2 is 2.12 bits per heavy atom. The molecule has 1 amide bonds. The molecule has 1 aromatic carbocycles. The highest BCUT2D eigenvalue weighted by molar-refractivity contribution is 7.07. The lowest BCUT2D eigenvalue weighted by Crippen LogP contribution is -2.44. The average Bonchev–Trinajstić information content (AvgIpc) is 3.38. The zero-order chi connectivity index (χ0) is 16.9. The van der Waals surface area contributed by atoms with Crippen LogP contribution in [0.4, 0.5) is 0 Å². The summed E-state index contributed by atoms with van der Waals surface area (Å²) in [5.74, 6) is 1.79. The first kappa shape index (κ1) is 15.3. The Kier molecular flexibility index (Phi) is 3.54. The fourth-order valence-electron chi connectivity index (χ4n) is 4.80. The minimum atomic E-state index is -0.542. The van der Waals surface area contributed by atoms with Crippen LogP contribution in [0.5, 0.6) is 0 Å². The van der Waals surface area contributed by atoms with E-state index in [1.54, 1.807) is 11.3 Å². The maximum atomic E-state index is 12.9. The second-order valence-electron chi connectivity index (χ2n) is 7.44. The summed E-state index contributed by atoms with van der Waals surface area (Å²) < 4.78 is 0. The largest absolute Gasteiger partial charge is 0.308 e. The summed E-state index contributed by atoms with van der Waals surface area (Å²) in [6.45, 7) is 3.05. The molecule has 0 unspecified atom stereocenters. The number of hydrogen-bond acceptors (Lipinski definition) is 4. The molecular weight excluding hydrogens is 330 g/mol. The number of carbonyl (C=O) groups excluding carboxylic acids is 1. The number of amidine groups is 1. The van der Waals surface area contributed by atoms with Gasteiger partial charge < -0.3 is 5.32 Å². The molecule has 2 aromatic rings. The van der Waals surface area contributed by atoms with E-state index in [4.69, 9.17) is 4.99 Å². The Labute approximate surface area is 151 Å². The summed E-state index contributed by atoms with van der Waals surface area (Å²) in [6.07, 6.45) is 1.99. The zero-order valence-corrected chi connectivity index (χ0v) is 14.8. The monoisotopic (exact) mass is 351 g/mol. The molecule has 1 spiro atoms. The van der Waals surface area contributed by atoms with Crippen LogP contribution < -0.4 is 5.32 Å². The number of aliphatic imine (C=N–C) groups is 1. The van der Waals surface area contributed by atoms with Gasteiger partial charge in [-0.25, -0.2) is 0 Å². The molecule has 128 valence electrons. The molecule has 5 rings (SSSR count). The van der Waals surface area contributed by atoms with Gasteiger partial charge in [-0.2, -0.15) is 11.3 Å². The number of amides is 1. The van der Waals surface area contributed by atoms with Crippen molar-refractivity contribution in [3.05, 3.63) is 58.3 Å². The number of likely N-dealkylation sites (tertiary alicyclic amines) is 1. The smallest absolute Gasteiger partial charge is 0.253 e. The van der Waals surface area contributed by atoms with Crippen LogP contribution >= 0.6 is 11.3 Å². The van der Waals surface area contributed by atoms with Gasteiger partial charge in [0.1, 0.15) is 11.4 Å². The number of nitrogens with one attached hydrogen (secondary N) is 1. The maximum absolute atomic E-state index is 12.9. The van der Waals surface area contributed by atoms with E-state index in [2.05, 4.69) is 27.0 Å². The van der Waals surface area contributed by atoms with Crippen LogP contribution in [0.1, 0.15) is 24.0 Å². The summed E-state index contributed by atoms with van der Waals surface area (Å²) in [5, 5.41) is 7.42. The van der Waals surface area contributed by atoms with Crippen molar-refractivity contribution in [2.45, 2.75) is 24.9 Å². The highest BCUT2D eigenvalue weighted by Gasteiger charge is 2.59. The number of nitrogens with zero attached hydrogens (tertiary/aromatic N) is 2. The standard InChI is InChI=1S/C20H21N3OS/c24-19-20(22-18(21-19)15-4-2-1-3-5-15)8-6-16-11-23(12-17(16)20)10-14-7-9-25-13-14/h1-5,7,9,13,16-17H,6,8,10-12H2,(H,21,22,24)/t16-,17+,20-/m0/s1. The van der Waals surface area contributed by atoms with E-state index in [1.165, 1.54) is 5.56 Å². The van der Waals surface area contributed by atoms with Crippen molar-refractivity contribution in [2.24, 2.45) is 16.8 Å². The van der Waals surface area contributed by atoms with Crippen LogP contribution in [0.25, 0.3) is 0 Å². The number of thiophene rings is 1. The number of carbonyl (C=O) groups is 1. The van der Waals surface area contributed by atoms with Crippen molar-refractivity contribution in [3.63, 3.8) is 0 Å². The molecule has 1 saturated heterocycles. The molecule has 25 heavy (non-hydrogen) atoms. The van der Waals surface area contributed by atoms with Gasteiger partial charge in [0, 0.05) is 31.1 Å². The zero-order valence-electron chi connectivity index (χ0n) is 14.0. The van der Waals surface area contributed by atoms with Gasteiger partial charge in [0.25, 0.3) is 5.91 Å². The lowest BCUT2D eigenvalue weighted by Gasteiger charge is -2.25. The summed E-state index contributed by atoms with van der Waals surface area (Å²) in [7, 11) is 0. The number of hydrogen-bond donors (Lipinski definition) is 1. The van der Waals surface area contributed by atoms with Crippen molar-refractivity contribution in [2.75, 3.05) is 13.1 Å². The highest BCUT2D eigenvalue weighted by atomic mass is 32.1. The summed E-state index contributed by atoms with van der Waals surface area (Å²) in [5.41, 5.74) is 1.84. The normalized spacial score (nSPS) is 31.4. The van der Waals surface area contributed by atoms with Gasteiger partial charge >= 0.3 is 0 Å². The minimum absolute atomic E-state index is 0.108. The Morgan fingerprint density at radius 1 is 1.24 bits per heavy atom. The number of rotatable bonds is 3. The van der Waals surface area contributed by atoms with Gasteiger partial charge in [0.2, 0.25) is 0 Å². The third-order valence-corrected chi connectivity index (χ3v) is 6.73. The van der Waals surface area contributed by atoms with E-state index in [0.29, 0.717) is 11.8 Å². The molecule has 3 atom stereocenters. The lowest BCUT2D eigenvalue weighted by atomic mass is 9.85. The van der Waals surface area contributed by atoms with Crippen molar-refractivity contribution in [3.8, 4) is 0 Å². The van der Waals surface area contributed by atoms with Crippen LogP contribution in [-0.4, -0.2) is 35.3 Å². The quantitative estimate of drug-likeness (QED) is 0.924. The first-order chi connectivity index (χ1) is 12.2. The Morgan fingerprint density at radius 3 is 2.92 bits per heavy atom. The molecule has 0 radical (unpaired) electrons. The summed E-state index contributed by atoms with van der Waals surface area (Å²) in [4.78, 5) is 20.4. The van der Waals surface area contributed by atoms with E-state index in [1.807, 2.05) is 30.3 Å². The van der Waals surface area contributed by atoms with Gasteiger partial charge in [-0.1, -0.05) is 30.3 Å². The van der Waals surface area contributed by atoms with E-state index in [0.717, 1.165) is 43.9 Å². The van der Waals surface area contributed by atoms with Crippen LogP contribution in [0, 0.1) is 11.8 Å². The second-order valence-corrected chi connectivity index (χ2v) is 8.22. The van der Waals surface area contributed by atoms with Crippen molar-refractivity contribution in [1.82, 2.24) is 10.2 Å². The second kappa shape index (κ2) is 5.78. The molecule has 5 heteroatoms. The Bertz CT molecular complexity index is 817. The van der Waals surface area contributed by atoms with E-state index < -0.39 is 5.54 Å². The predicted molar refractivity (Wildman–Crippen MR) is 99.7 cm³/mol. The van der Waals surface area contributed by atoms with Gasteiger partial charge in [0.15, 0.2) is 0 Å². The van der Waals surface area contributed by atoms with Gasteiger partial charge in [-0.15, -0.1) is 0 Å². The van der Waals surface area contributed by atoms with E-state index >= 15 is 0 Å². The molecule has 1 aromatic heterocycles. The molecule has 0 bridgehead atoms.